The largest absolute Gasteiger partial charge is 0.494 e. The monoisotopic (exact) mass is 427 g/mol. The molecule has 0 spiro atoms. The first-order valence-electron chi connectivity index (χ1n) is 10.5. The van der Waals surface area contributed by atoms with E-state index in [0.717, 1.165) is 58.1 Å². The Balaban J connectivity index is 1.64. The van der Waals surface area contributed by atoms with Gasteiger partial charge in [0, 0.05) is 18.0 Å². The number of nitrogens with one attached hydrogen (secondary N) is 1. The molecule has 0 fully saturated rings. The molecule has 1 heterocycles. The van der Waals surface area contributed by atoms with Gasteiger partial charge in [0.15, 0.2) is 0 Å². The van der Waals surface area contributed by atoms with Crippen LogP contribution in [0, 0.1) is 13.8 Å². The van der Waals surface area contributed by atoms with Crippen LogP contribution in [0.2, 0.25) is 5.02 Å². The molecule has 0 saturated heterocycles. The molecule has 0 saturated carbocycles. The molecule has 0 radical (unpaired) electrons. The minimum atomic E-state index is -0.138. The van der Waals surface area contributed by atoms with Gasteiger partial charge in [-0.2, -0.15) is 0 Å². The van der Waals surface area contributed by atoms with E-state index in [9.17, 15) is 4.79 Å². The van der Waals surface area contributed by atoms with Crippen molar-refractivity contribution in [1.82, 2.24) is 14.9 Å². The van der Waals surface area contributed by atoms with Gasteiger partial charge in [0.2, 0.25) is 5.91 Å². The van der Waals surface area contributed by atoms with Gasteiger partial charge >= 0.3 is 0 Å². The fourth-order valence-corrected chi connectivity index (χ4v) is 3.73. The first-order chi connectivity index (χ1) is 14.4. The summed E-state index contributed by atoms with van der Waals surface area (Å²) in [5, 5.41) is 3.82. The number of hydrogen-bond donors (Lipinski definition) is 1. The van der Waals surface area contributed by atoms with E-state index in [2.05, 4.69) is 16.0 Å². The van der Waals surface area contributed by atoms with Crippen molar-refractivity contribution < 1.29 is 9.53 Å². The van der Waals surface area contributed by atoms with Crippen molar-refractivity contribution in [2.75, 3.05) is 6.61 Å². The number of fused-ring (bicyclic) bond motifs is 1. The molecule has 1 amide bonds. The van der Waals surface area contributed by atoms with E-state index in [4.69, 9.17) is 21.3 Å². The van der Waals surface area contributed by atoms with Crippen LogP contribution in [0.25, 0.3) is 11.0 Å². The van der Waals surface area contributed by atoms with Crippen molar-refractivity contribution in [2.45, 2.75) is 59.5 Å². The first-order valence-corrected chi connectivity index (χ1v) is 10.9. The molecule has 30 heavy (non-hydrogen) atoms. The Kier molecular flexibility index (Phi) is 7.38. The Morgan fingerprint density at radius 2 is 1.90 bits per heavy atom. The molecule has 1 unspecified atom stereocenters. The zero-order valence-electron chi connectivity index (χ0n) is 18.2. The molecule has 3 aromatic rings. The normalized spacial score (nSPS) is 12.2. The zero-order valence-corrected chi connectivity index (χ0v) is 18.9. The average Bonchev–Trinajstić information content (AvgIpc) is 3.10. The lowest BCUT2D eigenvalue weighted by atomic mass is 10.1. The van der Waals surface area contributed by atoms with E-state index < -0.39 is 0 Å². The van der Waals surface area contributed by atoms with E-state index in [1.54, 1.807) is 0 Å². The smallest absolute Gasteiger partial charge is 0.220 e. The number of imidazole rings is 1. The fraction of sp³-hybridized carbons (Fsp3) is 0.417. The van der Waals surface area contributed by atoms with Crippen LogP contribution in [0.15, 0.2) is 36.4 Å². The summed E-state index contributed by atoms with van der Waals surface area (Å²) in [4.78, 5) is 16.6. The number of ether oxygens (including phenoxy) is 1. The van der Waals surface area contributed by atoms with E-state index >= 15 is 0 Å². The lowest BCUT2D eigenvalue weighted by molar-refractivity contribution is -0.121. The van der Waals surface area contributed by atoms with Crippen molar-refractivity contribution >= 4 is 28.5 Å². The van der Waals surface area contributed by atoms with Crippen LogP contribution < -0.4 is 10.1 Å². The number of benzene rings is 2. The number of rotatable bonds is 9. The highest BCUT2D eigenvalue weighted by molar-refractivity contribution is 6.32. The topological polar surface area (TPSA) is 56.2 Å². The summed E-state index contributed by atoms with van der Waals surface area (Å²) in [6, 6.07) is 11.9. The van der Waals surface area contributed by atoms with Crippen LogP contribution in [0.1, 0.15) is 56.1 Å². The summed E-state index contributed by atoms with van der Waals surface area (Å²) in [7, 11) is 0. The van der Waals surface area contributed by atoms with Gasteiger partial charge in [-0.15, -0.1) is 0 Å². The van der Waals surface area contributed by atoms with Gasteiger partial charge < -0.3 is 14.6 Å². The molecule has 0 aliphatic heterocycles. The Bertz CT molecular complexity index is 1010. The van der Waals surface area contributed by atoms with Gasteiger partial charge in [-0.25, -0.2) is 4.98 Å². The quantitative estimate of drug-likeness (QED) is 0.442. The second-order valence-corrected chi connectivity index (χ2v) is 8.06. The van der Waals surface area contributed by atoms with Gasteiger partial charge in [-0.1, -0.05) is 30.7 Å². The second kappa shape index (κ2) is 9.98. The predicted molar refractivity (Wildman–Crippen MR) is 122 cm³/mol. The molecule has 5 nitrogen and oxygen atoms in total. The van der Waals surface area contributed by atoms with Crippen molar-refractivity contribution in [2.24, 2.45) is 0 Å². The maximum absolute atomic E-state index is 11.9. The minimum absolute atomic E-state index is 0.0306. The lowest BCUT2D eigenvalue weighted by Gasteiger charge is -2.16. The molecule has 3 rings (SSSR count). The van der Waals surface area contributed by atoms with E-state index in [1.165, 1.54) is 0 Å². The number of amides is 1. The van der Waals surface area contributed by atoms with Crippen LogP contribution in [-0.2, 0) is 11.3 Å². The lowest BCUT2D eigenvalue weighted by Crippen LogP contribution is -2.28. The molecule has 2 aromatic carbocycles. The molecule has 0 aliphatic carbocycles. The first kappa shape index (κ1) is 22.2. The highest BCUT2D eigenvalue weighted by Crippen LogP contribution is 2.26. The number of nitrogens with zero attached hydrogens (tertiary/aromatic N) is 2. The fourth-order valence-electron chi connectivity index (χ4n) is 3.62. The second-order valence-electron chi connectivity index (χ2n) is 7.68. The summed E-state index contributed by atoms with van der Waals surface area (Å²) < 4.78 is 8.15. The van der Waals surface area contributed by atoms with E-state index in [-0.39, 0.29) is 11.9 Å². The Morgan fingerprint density at radius 1 is 1.20 bits per heavy atom. The van der Waals surface area contributed by atoms with Crippen molar-refractivity contribution in [3.05, 3.63) is 58.4 Å². The minimum Gasteiger partial charge on any atom is -0.494 e. The van der Waals surface area contributed by atoms with Crippen LogP contribution in [0.5, 0.6) is 5.75 Å². The predicted octanol–water partition coefficient (Wildman–Crippen LogP) is 5.75. The van der Waals surface area contributed by atoms with Crippen LogP contribution in [-0.4, -0.2) is 22.1 Å². The van der Waals surface area contributed by atoms with Gasteiger partial charge in [0.1, 0.15) is 11.6 Å². The van der Waals surface area contributed by atoms with Crippen LogP contribution in [0.4, 0.5) is 0 Å². The average molecular weight is 428 g/mol. The number of aryl methyl sites for hydroxylation is 3. The maximum atomic E-state index is 11.9. The number of hydrogen-bond acceptors (Lipinski definition) is 3. The molecule has 6 heteroatoms. The molecular formula is C24H30ClN3O2. The number of carbonyl (C=O) groups is 1. The van der Waals surface area contributed by atoms with E-state index in [0.29, 0.717) is 13.0 Å². The molecule has 1 N–H and O–H groups in total. The Morgan fingerprint density at radius 3 is 2.60 bits per heavy atom. The number of unbranched alkanes of at least 4 members (excludes halogenated alkanes) is 1. The third kappa shape index (κ3) is 5.14. The Labute approximate surface area is 183 Å². The van der Waals surface area contributed by atoms with Crippen molar-refractivity contribution in [3.8, 4) is 5.75 Å². The number of carbonyl (C=O) groups excluding carboxylic acids is 1. The van der Waals surface area contributed by atoms with Crippen molar-refractivity contribution in [3.63, 3.8) is 0 Å². The highest BCUT2D eigenvalue weighted by atomic mass is 35.5. The van der Waals surface area contributed by atoms with Gasteiger partial charge in [-0.3, -0.25) is 4.79 Å². The summed E-state index contributed by atoms with van der Waals surface area (Å²) in [6.45, 7) is 9.29. The van der Waals surface area contributed by atoms with Gasteiger partial charge in [0.25, 0.3) is 0 Å². The highest BCUT2D eigenvalue weighted by Gasteiger charge is 2.17. The molecule has 160 valence electrons. The van der Waals surface area contributed by atoms with Crippen LogP contribution >= 0.6 is 11.6 Å². The zero-order chi connectivity index (χ0) is 21.7. The summed E-state index contributed by atoms with van der Waals surface area (Å²) in [5.41, 5.74) is 4.11. The number of aromatic nitrogens is 2. The van der Waals surface area contributed by atoms with Gasteiger partial charge in [0.05, 0.1) is 23.7 Å². The summed E-state index contributed by atoms with van der Waals surface area (Å²) in [6.07, 6.45) is 2.33. The number of para-hydroxylation sites is 2. The maximum Gasteiger partial charge on any atom is 0.220 e. The summed E-state index contributed by atoms with van der Waals surface area (Å²) in [5.74, 6) is 1.78. The Hall–Kier alpha value is -2.53. The van der Waals surface area contributed by atoms with Crippen LogP contribution in [0.3, 0.4) is 0 Å². The molecule has 1 aromatic heterocycles. The van der Waals surface area contributed by atoms with Crippen molar-refractivity contribution in [1.29, 1.82) is 0 Å². The molecule has 0 bridgehead atoms. The van der Waals surface area contributed by atoms with Gasteiger partial charge in [-0.05, 0) is 69.0 Å². The molecular weight excluding hydrogens is 398 g/mol. The van der Waals surface area contributed by atoms with E-state index in [1.807, 2.05) is 58.0 Å². The summed E-state index contributed by atoms with van der Waals surface area (Å²) >= 11 is 6.23. The molecule has 0 aliphatic rings. The third-order valence-corrected chi connectivity index (χ3v) is 5.82. The SMILES string of the molecule is CCC(=O)NC(C)c1nc2ccccc2n1CCCCOc1cc(C)c(Cl)c(C)c1. The number of halogens is 1. The standard InChI is InChI=1S/C24H30ClN3O2/c1-5-22(29)26-18(4)24-27-20-10-6-7-11-21(20)28(24)12-8-9-13-30-19-14-16(2)23(25)17(3)15-19/h6-7,10-11,14-15,18H,5,8-9,12-13H2,1-4H3,(H,26,29). The third-order valence-electron chi connectivity index (χ3n) is 5.22. The molecule has 1 atom stereocenters.